The van der Waals surface area contributed by atoms with Crippen molar-refractivity contribution in [3.05, 3.63) is 0 Å². The summed E-state index contributed by atoms with van der Waals surface area (Å²) in [5.74, 6) is 2.61. The Hall–Kier alpha value is -0.480. The summed E-state index contributed by atoms with van der Waals surface area (Å²) < 4.78 is 5.13. The van der Waals surface area contributed by atoms with Gasteiger partial charge in [0.25, 0.3) is 0 Å². The first kappa shape index (κ1) is 12.5. The summed E-state index contributed by atoms with van der Waals surface area (Å²) in [7, 11) is 0. The predicted molar refractivity (Wildman–Crippen MR) is 59.2 cm³/mol. The molecule has 0 saturated heterocycles. The number of carbonyl (C=O) groups excluding carboxylic acids is 1. The maximum Gasteiger partial charge on any atom is 0.435 e. The van der Waals surface area contributed by atoms with Crippen LogP contribution in [-0.4, -0.2) is 17.1 Å². The van der Waals surface area contributed by atoms with E-state index in [1.54, 1.807) is 0 Å². The second-order valence-corrected chi connectivity index (χ2v) is 2.97. The van der Waals surface area contributed by atoms with E-state index < -0.39 is 6.09 Å². The summed E-state index contributed by atoms with van der Waals surface area (Å²) in [6, 6.07) is 0. The molecule has 0 aromatic carbocycles. The molecule has 0 aromatic heterocycles. The number of hydrazine groups is 1. The number of ether oxygens (including phenoxy) is 1. The van der Waals surface area contributed by atoms with Crippen LogP contribution in [0.4, 0.5) is 4.79 Å². The summed E-state index contributed by atoms with van der Waals surface area (Å²) in [4.78, 5) is 10.8. The van der Waals surface area contributed by atoms with Crippen LogP contribution < -0.4 is 10.9 Å². The Bertz CT molecular complexity index is 198. The molecule has 0 heterocycles. The van der Waals surface area contributed by atoms with E-state index in [1.807, 2.05) is 0 Å². The third-order valence-corrected chi connectivity index (χ3v) is 1.51. The minimum Gasteiger partial charge on any atom is -0.355 e. The number of nitrogens with one attached hydrogen (secondary N) is 2. The molecule has 0 fully saturated rings. The minimum atomic E-state index is -0.562. The molecule has 13 heavy (non-hydrogen) atoms. The topological polar surface area (TPSA) is 50.4 Å². The highest BCUT2D eigenvalue weighted by molar-refractivity contribution is 14.1. The van der Waals surface area contributed by atoms with E-state index in [1.165, 1.54) is 0 Å². The van der Waals surface area contributed by atoms with E-state index >= 15 is 0 Å². The zero-order chi connectivity index (χ0) is 9.94. The lowest BCUT2D eigenvalue weighted by Crippen LogP contribution is -2.37. The maximum atomic E-state index is 10.8. The minimum absolute atomic E-state index is 0.562. The van der Waals surface area contributed by atoms with E-state index in [9.17, 15) is 4.79 Å². The first-order valence-corrected chi connectivity index (χ1v) is 5.57. The maximum absolute atomic E-state index is 10.8. The number of alkyl halides is 1. The normalized spacial score (nSPS) is 8.46. The lowest BCUT2D eigenvalue weighted by atomic mass is 10.3. The number of carbonyl (C=O) groups is 1. The predicted octanol–water partition coefficient (Wildman–Crippen LogP) is 1.41. The molecule has 0 rings (SSSR count). The number of rotatable bonds is 4. The molecule has 1 amide bonds. The molecule has 0 saturated carbocycles. The standard InChI is InChI=1S/C8H13IN2O2/c1-2-3-6-10-11-8(12)13-7-4-5-9/h10H,2-3,5-6H2,1H3,(H,11,12). The first-order chi connectivity index (χ1) is 6.31. The Morgan fingerprint density at radius 1 is 1.62 bits per heavy atom. The average Bonchev–Trinajstić information content (AvgIpc) is 2.13. The monoisotopic (exact) mass is 296 g/mol. The second-order valence-electron chi connectivity index (χ2n) is 2.21. The Balaban J connectivity index is 3.30. The quantitative estimate of drug-likeness (QED) is 0.271. The third kappa shape index (κ3) is 9.43. The molecule has 2 N–H and O–H groups in total. The van der Waals surface area contributed by atoms with E-state index in [-0.39, 0.29) is 0 Å². The van der Waals surface area contributed by atoms with Crippen molar-refractivity contribution in [1.29, 1.82) is 0 Å². The van der Waals surface area contributed by atoms with Gasteiger partial charge in [-0.3, -0.25) is 5.43 Å². The molecular weight excluding hydrogens is 283 g/mol. The van der Waals surface area contributed by atoms with Crippen LogP contribution in [-0.2, 0) is 4.74 Å². The molecule has 74 valence electrons. The van der Waals surface area contributed by atoms with Crippen LogP contribution in [0.3, 0.4) is 0 Å². The van der Waals surface area contributed by atoms with Gasteiger partial charge in [-0.25, -0.2) is 10.2 Å². The fourth-order valence-corrected chi connectivity index (χ4v) is 0.691. The average molecular weight is 296 g/mol. The van der Waals surface area contributed by atoms with Gasteiger partial charge >= 0.3 is 6.09 Å². The van der Waals surface area contributed by atoms with Crippen molar-refractivity contribution in [2.24, 2.45) is 0 Å². The van der Waals surface area contributed by atoms with Crippen LogP contribution in [0.5, 0.6) is 0 Å². The molecule has 0 aromatic rings. The molecule has 4 nitrogen and oxygen atoms in total. The van der Waals surface area contributed by atoms with Crippen LogP contribution in [0.2, 0.25) is 0 Å². The molecule has 0 spiro atoms. The van der Waals surface area contributed by atoms with Crippen molar-refractivity contribution in [2.75, 3.05) is 11.0 Å². The third-order valence-electron chi connectivity index (χ3n) is 1.13. The molecule has 0 aliphatic heterocycles. The Kier molecular flexibility index (Phi) is 9.25. The van der Waals surface area contributed by atoms with Crippen LogP contribution in [0.1, 0.15) is 19.8 Å². The highest BCUT2D eigenvalue weighted by Crippen LogP contribution is 1.81. The summed E-state index contributed by atoms with van der Waals surface area (Å²) >= 11 is 2.07. The molecule has 0 bridgehead atoms. The van der Waals surface area contributed by atoms with Crippen molar-refractivity contribution in [3.63, 3.8) is 0 Å². The zero-order valence-corrected chi connectivity index (χ0v) is 9.68. The number of amides is 1. The fourth-order valence-electron chi connectivity index (χ4n) is 0.535. The van der Waals surface area contributed by atoms with Gasteiger partial charge in [0.1, 0.15) is 6.11 Å². The van der Waals surface area contributed by atoms with Gasteiger partial charge in [-0.2, -0.15) is 0 Å². The van der Waals surface area contributed by atoms with Gasteiger partial charge in [-0.15, -0.1) is 0 Å². The van der Waals surface area contributed by atoms with Gasteiger partial charge in [-0.1, -0.05) is 35.9 Å². The highest BCUT2D eigenvalue weighted by Gasteiger charge is 1.96. The Morgan fingerprint density at radius 3 is 3.00 bits per heavy atom. The van der Waals surface area contributed by atoms with Gasteiger partial charge in [0.2, 0.25) is 0 Å². The molecule has 0 unspecified atom stereocenters. The van der Waals surface area contributed by atoms with Crippen LogP contribution in [0.15, 0.2) is 0 Å². The molecular formula is C8H13IN2O2. The van der Waals surface area contributed by atoms with Gasteiger partial charge in [0.15, 0.2) is 0 Å². The van der Waals surface area contributed by atoms with Crippen LogP contribution in [0.25, 0.3) is 0 Å². The fraction of sp³-hybridized carbons (Fsp3) is 0.625. The van der Waals surface area contributed by atoms with Crippen molar-refractivity contribution in [1.82, 2.24) is 10.9 Å². The largest absolute Gasteiger partial charge is 0.435 e. The van der Waals surface area contributed by atoms with Crippen molar-refractivity contribution < 1.29 is 9.53 Å². The Morgan fingerprint density at radius 2 is 2.38 bits per heavy atom. The number of unbranched alkanes of at least 4 members (excludes halogenated alkanes) is 1. The van der Waals surface area contributed by atoms with E-state index in [0.29, 0.717) is 4.43 Å². The number of halogens is 1. The van der Waals surface area contributed by atoms with Crippen molar-refractivity contribution >= 4 is 28.7 Å². The lowest BCUT2D eigenvalue weighted by molar-refractivity contribution is 0.186. The number of hydrogen-bond acceptors (Lipinski definition) is 3. The van der Waals surface area contributed by atoms with E-state index in [0.717, 1.165) is 19.4 Å². The summed E-state index contributed by atoms with van der Waals surface area (Å²) in [6.45, 7) is 2.82. The van der Waals surface area contributed by atoms with Gasteiger partial charge < -0.3 is 4.74 Å². The van der Waals surface area contributed by atoms with E-state index in [4.69, 9.17) is 0 Å². The Labute approximate surface area is 91.9 Å². The van der Waals surface area contributed by atoms with Gasteiger partial charge in [-0.05, 0) is 12.3 Å². The van der Waals surface area contributed by atoms with Gasteiger partial charge in [0.05, 0.1) is 4.43 Å². The first-order valence-electron chi connectivity index (χ1n) is 4.04. The van der Waals surface area contributed by atoms with Crippen molar-refractivity contribution in [3.8, 4) is 12.0 Å². The van der Waals surface area contributed by atoms with Crippen LogP contribution >= 0.6 is 22.6 Å². The summed E-state index contributed by atoms with van der Waals surface area (Å²) in [5.41, 5.74) is 5.08. The lowest BCUT2D eigenvalue weighted by Gasteiger charge is -2.02. The SMILES string of the molecule is CCCCNNC(=O)OC#CCI. The molecule has 0 atom stereocenters. The van der Waals surface area contributed by atoms with Crippen LogP contribution in [0, 0.1) is 12.0 Å². The molecule has 0 aliphatic carbocycles. The second kappa shape index (κ2) is 9.61. The zero-order valence-electron chi connectivity index (χ0n) is 7.52. The number of hydrogen-bond donors (Lipinski definition) is 2. The highest BCUT2D eigenvalue weighted by atomic mass is 127. The summed E-state index contributed by atoms with van der Waals surface area (Å²) in [5, 5.41) is 0. The molecule has 5 heteroatoms. The molecule has 0 radical (unpaired) electrons. The summed E-state index contributed by atoms with van der Waals surface area (Å²) in [6.07, 6.45) is 3.80. The molecule has 0 aliphatic rings. The van der Waals surface area contributed by atoms with Gasteiger partial charge in [0, 0.05) is 6.54 Å². The van der Waals surface area contributed by atoms with E-state index in [2.05, 4.69) is 57.1 Å². The smallest absolute Gasteiger partial charge is 0.355 e. The van der Waals surface area contributed by atoms with Crippen molar-refractivity contribution in [2.45, 2.75) is 19.8 Å².